The molecule has 0 N–H and O–H groups in total. The summed E-state index contributed by atoms with van der Waals surface area (Å²) in [6, 6.07) is 0. The first-order valence-corrected chi connectivity index (χ1v) is 6.81. The number of allylic oxidation sites excluding steroid dienone is 1. The molecular formula is C15H18BrFO3. The number of rotatable bonds is 5. The fourth-order valence-corrected chi connectivity index (χ4v) is 2.65. The molecule has 0 atom stereocenters. The monoisotopic (exact) mass is 344 g/mol. The third-order valence-electron chi connectivity index (χ3n) is 3.16. The Balaban J connectivity index is 3.65. The van der Waals surface area contributed by atoms with E-state index in [9.17, 15) is 9.18 Å². The standard InChI is InChI=1S/C15H18BrFO3/c1-7(2)14(18)10-8(3)12(16)11(13(17)9(10)4)15(19-5)20-6/h15H,1H2,2-6H3. The summed E-state index contributed by atoms with van der Waals surface area (Å²) in [6.45, 7) is 8.55. The van der Waals surface area contributed by atoms with E-state index in [4.69, 9.17) is 9.47 Å². The van der Waals surface area contributed by atoms with Crippen LogP contribution in [-0.2, 0) is 9.47 Å². The number of benzene rings is 1. The lowest BCUT2D eigenvalue weighted by atomic mass is 9.93. The minimum Gasteiger partial charge on any atom is -0.352 e. The molecule has 1 aromatic carbocycles. The lowest BCUT2D eigenvalue weighted by Gasteiger charge is -2.21. The fraction of sp³-hybridized carbons (Fsp3) is 0.400. The molecule has 0 fully saturated rings. The van der Waals surface area contributed by atoms with Crippen molar-refractivity contribution in [3.63, 3.8) is 0 Å². The highest BCUT2D eigenvalue weighted by Gasteiger charge is 2.27. The predicted octanol–water partition coefficient (Wildman–Crippen LogP) is 4.26. The fourth-order valence-electron chi connectivity index (χ4n) is 2.09. The Labute approximate surface area is 126 Å². The van der Waals surface area contributed by atoms with Crippen LogP contribution in [0, 0.1) is 19.7 Å². The molecule has 0 radical (unpaired) electrons. The summed E-state index contributed by atoms with van der Waals surface area (Å²) in [4.78, 5) is 12.2. The SMILES string of the molecule is C=C(C)C(=O)c1c(C)c(F)c(C(OC)OC)c(Br)c1C. The van der Waals surface area contributed by atoms with Gasteiger partial charge in [0.25, 0.3) is 0 Å². The van der Waals surface area contributed by atoms with Gasteiger partial charge in [0.2, 0.25) is 0 Å². The second kappa shape index (κ2) is 6.61. The van der Waals surface area contributed by atoms with Gasteiger partial charge in [-0.25, -0.2) is 4.39 Å². The van der Waals surface area contributed by atoms with Crippen molar-refractivity contribution in [2.45, 2.75) is 27.1 Å². The van der Waals surface area contributed by atoms with Crippen LogP contribution in [0.3, 0.4) is 0 Å². The van der Waals surface area contributed by atoms with E-state index >= 15 is 0 Å². The molecule has 3 nitrogen and oxygen atoms in total. The average Bonchev–Trinajstić information content (AvgIpc) is 2.41. The van der Waals surface area contributed by atoms with Crippen molar-refractivity contribution in [2.24, 2.45) is 0 Å². The van der Waals surface area contributed by atoms with Gasteiger partial charge in [-0.05, 0) is 53.4 Å². The third kappa shape index (κ3) is 2.85. The highest BCUT2D eigenvalue weighted by molar-refractivity contribution is 9.10. The van der Waals surface area contributed by atoms with Crippen molar-refractivity contribution in [1.29, 1.82) is 0 Å². The summed E-state index contributed by atoms with van der Waals surface area (Å²) in [7, 11) is 2.86. The maximum atomic E-state index is 14.6. The molecule has 0 aliphatic heterocycles. The van der Waals surface area contributed by atoms with Crippen molar-refractivity contribution in [3.05, 3.63) is 44.7 Å². The van der Waals surface area contributed by atoms with Gasteiger partial charge in [-0.2, -0.15) is 0 Å². The maximum Gasteiger partial charge on any atom is 0.188 e. The second-order valence-corrected chi connectivity index (χ2v) is 5.37. The number of Topliss-reactive ketones (excluding diaryl/α,β-unsaturated/α-hetero) is 1. The molecule has 0 aliphatic carbocycles. The lowest BCUT2D eigenvalue weighted by molar-refractivity contribution is -0.108. The number of carbonyl (C=O) groups excluding carboxylic acids is 1. The normalized spacial score (nSPS) is 11.0. The molecule has 110 valence electrons. The zero-order valence-electron chi connectivity index (χ0n) is 12.3. The quantitative estimate of drug-likeness (QED) is 0.455. The van der Waals surface area contributed by atoms with E-state index in [2.05, 4.69) is 22.5 Å². The van der Waals surface area contributed by atoms with Crippen molar-refractivity contribution in [1.82, 2.24) is 0 Å². The van der Waals surface area contributed by atoms with E-state index in [0.717, 1.165) is 0 Å². The van der Waals surface area contributed by atoms with Crippen molar-refractivity contribution < 1.29 is 18.7 Å². The van der Waals surface area contributed by atoms with Crippen LogP contribution in [0.25, 0.3) is 0 Å². The minimum atomic E-state index is -0.837. The Morgan fingerprint density at radius 2 is 1.75 bits per heavy atom. The largest absolute Gasteiger partial charge is 0.352 e. The van der Waals surface area contributed by atoms with E-state index < -0.39 is 12.1 Å². The van der Waals surface area contributed by atoms with Gasteiger partial charge in [-0.1, -0.05) is 6.58 Å². The summed E-state index contributed by atoms with van der Waals surface area (Å²) < 4.78 is 25.3. The summed E-state index contributed by atoms with van der Waals surface area (Å²) >= 11 is 3.33. The molecule has 0 unspecified atom stereocenters. The van der Waals surface area contributed by atoms with Crippen LogP contribution < -0.4 is 0 Å². The van der Waals surface area contributed by atoms with Crippen LogP contribution in [0.4, 0.5) is 4.39 Å². The van der Waals surface area contributed by atoms with Gasteiger partial charge >= 0.3 is 0 Å². The molecule has 1 rings (SSSR count). The number of methoxy groups -OCH3 is 2. The molecule has 0 heterocycles. The molecule has 0 bridgehead atoms. The Kier molecular flexibility index (Phi) is 5.62. The van der Waals surface area contributed by atoms with Crippen LogP contribution in [-0.4, -0.2) is 20.0 Å². The van der Waals surface area contributed by atoms with Gasteiger partial charge < -0.3 is 9.47 Å². The first-order valence-electron chi connectivity index (χ1n) is 6.01. The highest BCUT2D eigenvalue weighted by atomic mass is 79.9. The smallest absolute Gasteiger partial charge is 0.188 e. The zero-order chi connectivity index (χ0) is 15.6. The molecule has 0 amide bonds. The molecule has 0 aromatic heterocycles. The second-order valence-electron chi connectivity index (χ2n) is 4.58. The van der Waals surface area contributed by atoms with Crippen LogP contribution in [0.1, 0.15) is 40.3 Å². The van der Waals surface area contributed by atoms with E-state index in [1.54, 1.807) is 20.8 Å². The number of carbonyl (C=O) groups is 1. The number of ether oxygens (including phenoxy) is 2. The number of ketones is 1. The summed E-state index contributed by atoms with van der Waals surface area (Å²) in [5, 5.41) is 0. The first kappa shape index (κ1) is 17.0. The van der Waals surface area contributed by atoms with Gasteiger partial charge in [0, 0.05) is 24.3 Å². The Morgan fingerprint density at radius 1 is 1.25 bits per heavy atom. The lowest BCUT2D eigenvalue weighted by Crippen LogP contribution is -2.14. The van der Waals surface area contributed by atoms with E-state index in [1.165, 1.54) is 14.2 Å². The Morgan fingerprint density at radius 3 is 2.15 bits per heavy atom. The van der Waals surface area contributed by atoms with Crippen LogP contribution in [0.2, 0.25) is 0 Å². The highest BCUT2D eigenvalue weighted by Crippen LogP contribution is 2.36. The average molecular weight is 345 g/mol. The van der Waals surface area contributed by atoms with Gasteiger partial charge in [0.15, 0.2) is 12.1 Å². The van der Waals surface area contributed by atoms with Gasteiger partial charge in [-0.3, -0.25) is 4.79 Å². The van der Waals surface area contributed by atoms with Crippen molar-refractivity contribution in [3.8, 4) is 0 Å². The van der Waals surface area contributed by atoms with Crippen LogP contribution in [0.15, 0.2) is 16.6 Å². The summed E-state index contributed by atoms with van der Waals surface area (Å²) in [6.07, 6.45) is -0.837. The van der Waals surface area contributed by atoms with Crippen LogP contribution >= 0.6 is 15.9 Å². The molecule has 20 heavy (non-hydrogen) atoms. The number of hydrogen-bond donors (Lipinski definition) is 0. The molecule has 0 saturated heterocycles. The number of hydrogen-bond acceptors (Lipinski definition) is 3. The first-order chi connectivity index (χ1) is 9.27. The molecule has 0 aliphatic rings. The third-order valence-corrected chi connectivity index (χ3v) is 4.18. The topological polar surface area (TPSA) is 35.5 Å². The molecule has 5 heteroatoms. The minimum absolute atomic E-state index is 0.253. The zero-order valence-corrected chi connectivity index (χ0v) is 13.9. The van der Waals surface area contributed by atoms with Gasteiger partial charge in [0.1, 0.15) is 5.82 Å². The van der Waals surface area contributed by atoms with Crippen LogP contribution in [0.5, 0.6) is 0 Å². The van der Waals surface area contributed by atoms with Crippen molar-refractivity contribution in [2.75, 3.05) is 14.2 Å². The summed E-state index contributed by atoms with van der Waals surface area (Å²) in [5.74, 6) is -0.779. The predicted molar refractivity (Wildman–Crippen MR) is 79.5 cm³/mol. The van der Waals surface area contributed by atoms with Gasteiger partial charge in [0.05, 0.1) is 5.56 Å². The molecule has 1 aromatic rings. The van der Waals surface area contributed by atoms with Gasteiger partial charge in [-0.15, -0.1) is 0 Å². The Hall–Kier alpha value is -1.04. The maximum absolute atomic E-state index is 14.6. The van der Waals surface area contributed by atoms with E-state index in [1.807, 2.05) is 0 Å². The Bertz CT molecular complexity index is 534. The van der Waals surface area contributed by atoms with Crippen molar-refractivity contribution >= 4 is 21.7 Å². The summed E-state index contributed by atoms with van der Waals surface area (Å²) in [5.41, 5.74) is 1.86. The molecule has 0 spiro atoms. The van der Waals surface area contributed by atoms with E-state index in [0.29, 0.717) is 21.2 Å². The molecule has 0 saturated carbocycles. The number of halogens is 2. The van der Waals surface area contributed by atoms with E-state index in [-0.39, 0.29) is 16.9 Å². The molecular weight excluding hydrogens is 327 g/mol.